The molecule has 0 N–H and O–H groups in total. The Kier molecular flexibility index (Phi) is 2.15. The van der Waals surface area contributed by atoms with Crippen molar-refractivity contribution in [3.63, 3.8) is 0 Å². The minimum absolute atomic E-state index is 0.784. The van der Waals surface area contributed by atoms with Gasteiger partial charge in [0.2, 0.25) is 0 Å². The molecule has 0 unspecified atom stereocenters. The van der Waals surface area contributed by atoms with Crippen molar-refractivity contribution >= 4 is 0 Å². The molecular weight excluding hydrogens is 148 g/mol. The Morgan fingerprint density at radius 3 is 2.67 bits per heavy atom. The average Bonchev–Trinajstić information content (AvgIpc) is 2.53. The first kappa shape index (κ1) is 7.84. The molecule has 1 aromatic rings. The molecule has 2 nitrogen and oxygen atoms in total. The molecule has 0 atom stereocenters. The summed E-state index contributed by atoms with van der Waals surface area (Å²) in [5, 5.41) is 0. The summed E-state index contributed by atoms with van der Waals surface area (Å²) < 4.78 is 2.16. The Morgan fingerprint density at radius 2 is 2.08 bits per heavy atom. The molecule has 1 heterocycles. The van der Waals surface area contributed by atoms with Crippen LogP contribution in [0.5, 0.6) is 0 Å². The Balaban J connectivity index is 2.13. The summed E-state index contributed by atoms with van der Waals surface area (Å²) in [6, 6.07) is 0. The summed E-state index contributed by atoms with van der Waals surface area (Å²) in [5.74, 6) is 0.784. The number of aromatic nitrogens is 2. The highest BCUT2D eigenvalue weighted by Gasteiger charge is 2.17. The summed E-state index contributed by atoms with van der Waals surface area (Å²) >= 11 is 0. The van der Waals surface area contributed by atoms with E-state index in [4.69, 9.17) is 0 Å². The molecule has 1 saturated carbocycles. The molecule has 0 saturated heterocycles. The zero-order valence-electron chi connectivity index (χ0n) is 7.66. The molecule has 0 spiro atoms. The summed E-state index contributed by atoms with van der Waals surface area (Å²) in [6.07, 6.45) is 10.9. The predicted octanol–water partition coefficient (Wildman–Crippen LogP) is 2.47. The van der Waals surface area contributed by atoms with Gasteiger partial charge in [-0.2, -0.15) is 0 Å². The normalized spacial score (nSPS) is 19.8. The second-order valence-corrected chi connectivity index (χ2v) is 3.76. The molecule has 0 aromatic carbocycles. The maximum absolute atomic E-state index is 4.16. The molecule has 0 radical (unpaired) electrons. The Bertz CT molecular complexity index is 246. The number of hydrogen-bond donors (Lipinski definition) is 0. The second kappa shape index (κ2) is 3.30. The van der Waals surface area contributed by atoms with Crippen LogP contribution in [-0.2, 0) is 7.05 Å². The van der Waals surface area contributed by atoms with Crippen molar-refractivity contribution in [2.24, 2.45) is 7.05 Å². The van der Waals surface area contributed by atoms with Crippen LogP contribution in [-0.4, -0.2) is 9.55 Å². The van der Waals surface area contributed by atoms with E-state index in [1.807, 2.05) is 12.5 Å². The largest absolute Gasteiger partial charge is 0.337 e. The number of hydrogen-bond acceptors (Lipinski definition) is 1. The number of imidazole rings is 1. The summed E-state index contributed by atoms with van der Waals surface area (Å²) in [5.41, 5.74) is 1.43. The van der Waals surface area contributed by atoms with E-state index in [1.165, 1.54) is 37.8 Å². The fourth-order valence-corrected chi connectivity index (χ4v) is 2.16. The second-order valence-electron chi connectivity index (χ2n) is 3.76. The molecular formula is C10H16N2. The van der Waals surface area contributed by atoms with E-state index in [-0.39, 0.29) is 0 Å². The molecule has 2 heteroatoms. The van der Waals surface area contributed by atoms with Crippen LogP contribution in [0.15, 0.2) is 12.5 Å². The van der Waals surface area contributed by atoms with Gasteiger partial charge in [-0.25, -0.2) is 4.98 Å². The third-order valence-corrected chi connectivity index (χ3v) is 2.88. The molecule has 0 amide bonds. The van der Waals surface area contributed by atoms with Crippen LogP contribution in [0.25, 0.3) is 0 Å². The van der Waals surface area contributed by atoms with Gasteiger partial charge >= 0.3 is 0 Å². The van der Waals surface area contributed by atoms with Gasteiger partial charge in [0.05, 0.1) is 6.33 Å². The van der Waals surface area contributed by atoms with Crippen molar-refractivity contribution in [3.05, 3.63) is 18.2 Å². The van der Waals surface area contributed by atoms with Gasteiger partial charge < -0.3 is 4.57 Å². The first-order chi connectivity index (χ1) is 5.88. The molecule has 1 aliphatic carbocycles. The van der Waals surface area contributed by atoms with Crippen LogP contribution in [0.1, 0.15) is 43.7 Å². The van der Waals surface area contributed by atoms with Crippen molar-refractivity contribution in [1.29, 1.82) is 0 Å². The first-order valence-electron chi connectivity index (χ1n) is 4.84. The van der Waals surface area contributed by atoms with Gasteiger partial charge in [0, 0.05) is 24.9 Å². The number of nitrogens with zero attached hydrogens (tertiary/aromatic N) is 2. The monoisotopic (exact) mass is 164 g/mol. The fraction of sp³-hybridized carbons (Fsp3) is 0.700. The molecule has 12 heavy (non-hydrogen) atoms. The van der Waals surface area contributed by atoms with Crippen molar-refractivity contribution < 1.29 is 0 Å². The van der Waals surface area contributed by atoms with Gasteiger partial charge in [0.15, 0.2) is 0 Å². The van der Waals surface area contributed by atoms with Gasteiger partial charge in [-0.1, -0.05) is 19.3 Å². The van der Waals surface area contributed by atoms with E-state index in [2.05, 4.69) is 16.6 Å². The Labute approximate surface area is 73.6 Å². The smallest absolute Gasteiger partial charge is 0.0945 e. The number of aryl methyl sites for hydroxylation is 1. The van der Waals surface area contributed by atoms with Crippen LogP contribution < -0.4 is 0 Å². The van der Waals surface area contributed by atoms with Crippen molar-refractivity contribution in [3.8, 4) is 0 Å². The molecule has 1 fully saturated rings. The van der Waals surface area contributed by atoms with Crippen LogP contribution in [0.4, 0.5) is 0 Å². The molecule has 66 valence electrons. The molecule has 0 bridgehead atoms. The molecule has 0 aliphatic heterocycles. The van der Waals surface area contributed by atoms with E-state index < -0.39 is 0 Å². The van der Waals surface area contributed by atoms with Crippen LogP contribution in [0.3, 0.4) is 0 Å². The zero-order valence-corrected chi connectivity index (χ0v) is 7.66. The van der Waals surface area contributed by atoms with E-state index in [9.17, 15) is 0 Å². The zero-order chi connectivity index (χ0) is 8.39. The van der Waals surface area contributed by atoms with Gasteiger partial charge in [0.1, 0.15) is 0 Å². The highest BCUT2D eigenvalue weighted by Crippen LogP contribution is 2.31. The van der Waals surface area contributed by atoms with Crippen LogP contribution in [0.2, 0.25) is 0 Å². The summed E-state index contributed by atoms with van der Waals surface area (Å²) in [6.45, 7) is 0. The Hall–Kier alpha value is -0.790. The SMILES string of the molecule is Cn1cncc1C1CCCCC1. The summed E-state index contributed by atoms with van der Waals surface area (Å²) in [7, 11) is 2.09. The predicted molar refractivity (Wildman–Crippen MR) is 49.0 cm³/mol. The fourth-order valence-electron chi connectivity index (χ4n) is 2.16. The van der Waals surface area contributed by atoms with Gasteiger partial charge in [-0.05, 0) is 12.8 Å². The maximum Gasteiger partial charge on any atom is 0.0945 e. The third-order valence-electron chi connectivity index (χ3n) is 2.88. The maximum atomic E-state index is 4.16. The standard InChI is InChI=1S/C10H16N2/c1-12-8-11-7-10(12)9-5-3-2-4-6-9/h7-9H,2-6H2,1H3. The van der Waals surface area contributed by atoms with Crippen molar-refractivity contribution in [2.75, 3.05) is 0 Å². The minimum atomic E-state index is 0.784. The molecule has 1 aliphatic rings. The van der Waals surface area contributed by atoms with Crippen molar-refractivity contribution in [1.82, 2.24) is 9.55 Å². The topological polar surface area (TPSA) is 17.8 Å². The van der Waals surface area contributed by atoms with Gasteiger partial charge in [0.25, 0.3) is 0 Å². The van der Waals surface area contributed by atoms with Gasteiger partial charge in [-0.15, -0.1) is 0 Å². The highest BCUT2D eigenvalue weighted by molar-refractivity contribution is 5.06. The van der Waals surface area contributed by atoms with Crippen LogP contribution in [0, 0.1) is 0 Å². The van der Waals surface area contributed by atoms with Gasteiger partial charge in [-0.3, -0.25) is 0 Å². The minimum Gasteiger partial charge on any atom is -0.337 e. The first-order valence-corrected chi connectivity index (χ1v) is 4.84. The van der Waals surface area contributed by atoms with E-state index in [0.29, 0.717) is 0 Å². The third kappa shape index (κ3) is 1.38. The van der Waals surface area contributed by atoms with Crippen molar-refractivity contribution in [2.45, 2.75) is 38.0 Å². The lowest BCUT2D eigenvalue weighted by Gasteiger charge is -2.21. The molecule has 2 rings (SSSR count). The summed E-state index contributed by atoms with van der Waals surface area (Å²) in [4.78, 5) is 4.16. The lowest BCUT2D eigenvalue weighted by Crippen LogP contribution is -2.08. The van der Waals surface area contributed by atoms with E-state index in [1.54, 1.807) is 0 Å². The number of rotatable bonds is 1. The molecule has 1 aromatic heterocycles. The lowest BCUT2D eigenvalue weighted by molar-refractivity contribution is 0.429. The lowest BCUT2D eigenvalue weighted by atomic mass is 9.87. The quantitative estimate of drug-likeness (QED) is 0.623. The van der Waals surface area contributed by atoms with E-state index in [0.717, 1.165) is 5.92 Å². The Morgan fingerprint density at radius 1 is 1.33 bits per heavy atom. The average molecular weight is 164 g/mol. The van der Waals surface area contributed by atoms with E-state index >= 15 is 0 Å². The highest BCUT2D eigenvalue weighted by atomic mass is 15.0. The van der Waals surface area contributed by atoms with Crippen LogP contribution >= 0.6 is 0 Å².